The van der Waals surface area contributed by atoms with Crippen molar-refractivity contribution in [2.45, 2.75) is 6.61 Å². The summed E-state index contributed by atoms with van der Waals surface area (Å²) in [5.74, 6) is 0.883. The lowest BCUT2D eigenvalue weighted by Crippen LogP contribution is -2.15. The molecule has 0 saturated carbocycles. The third kappa shape index (κ3) is 5.45. The minimum atomic E-state index is 0.493. The molecule has 12 rings (SSSR count). The van der Waals surface area contributed by atoms with Crippen molar-refractivity contribution in [3.8, 4) is 50.3 Å². The topological polar surface area (TPSA) is 38.8 Å². The van der Waals surface area contributed by atoms with E-state index >= 15 is 0 Å². The number of rotatable bonds is 6. The molecular weight excluding hydrogens is 723 g/mol. The highest BCUT2D eigenvalue weighted by molar-refractivity contribution is 6.10. The van der Waals surface area contributed by atoms with E-state index in [0.29, 0.717) is 6.61 Å². The lowest BCUT2D eigenvalue weighted by Gasteiger charge is -2.33. The van der Waals surface area contributed by atoms with Crippen LogP contribution in [0.25, 0.3) is 88.4 Å². The quantitative estimate of drug-likeness (QED) is 0.169. The first-order valence-corrected chi connectivity index (χ1v) is 20.0. The summed E-state index contributed by atoms with van der Waals surface area (Å²) in [6.07, 6.45) is 0. The molecule has 3 heterocycles. The summed E-state index contributed by atoms with van der Waals surface area (Å²) in [6.45, 7) is 0.493. The Balaban J connectivity index is 1.09. The van der Waals surface area contributed by atoms with Crippen LogP contribution >= 0.6 is 0 Å². The van der Waals surface area contributed by atoms with Crippen LogP contribution in [0.3, 0.4) is 0 Å². The highest BCUT2D eigenvalue weighted by Gasteiger charge is 2.27. The third-order valence-corrected chi connectivity index (χ3v) is 11.8. The Kier molecular flexibility index (Phi) is 7.57. The van der Waals surface area contributed by atoms with Gasteiger partial charge in [-0.2, -0.15) is 0 Å². The number of nitrogens with zero attached hydrogens (tertiary/aromatic N) is 1. The second-order valence-corrected chi connectivity index (χ2v) is 15.2. The Bertz CT molecular complexity index is 3390. The molecule has 4 heteroatoms. The van der Waals surface area contributed by atoms with E-state index in [0.717, 1.165) is 117 Å². The number of furan rings is 2. The van der Waals surface area contributed by atoms with Gasteiger partial charge in [0, 0.05) is 55.6 Å². The molecule has 0 saturated heterocycles. The molecule has 1 aliphatic rings. The van der Waals surface area contributed by atoms with Gasteiger partial charge >= 0.3 is 0 Å². The van der Waals surface area contributed by atoms with E-state index in [2.05, 4.69) is 175 Å². The van der Waals surface area contributed by atoms with Gasteiger partial charge in [0.1, 0.15) is 34.7 Å². The zero-order valence-electron chi connectivity index (χ0n) is 31.9. The molecule has 0 spiro atoms. The van der Waals surface area contributed by atoms with Crippen LogP contribution in [0.1, 0.15) is 5.56 Å². The predicted molar refractivity (Wildman–Crippen MR) is 242 cm³/mol. The molecule has 0 fully saturated rings. The average Bonchev–Trinajstić information content (AvgIpc) is 3.88. The van der Waals surface area contributed by atoms with E-state index in [-0.39, 0.29) is 0 Å². The lowest BCUT2D eigenvalue weighted by atomic mass is 9.92. The predicted octanol–water partition coefficient (Wildman–Crippen LogP) is 15.5. The molecule has 0 bridgehead atoms. The van der Waals surface area contributed by atoms with Gasteiger partial charge in [-0.15, -0.1) is 0 Å². The van der Waals surface area contributed by atoms with Gasteiger partial charge < -0.3 is 18.5 Å². The molecule has 0 atom stereocenters. The molecule has 11 aromatic rings. The van der Waals surface area contributed by atoms with E-state index in [9.17, 15) is 0 Å². The largest absolute Gasteiger partial charge is 0.488 e. The van der Waals surface area contributed by atoms with E-state index in [4.69, 9.17) is 13.6 Å². The van der Waals surface area contributed by atoms with Crippen LogP contribution in [0.15, 0.2) is 209 Å². The highest BCUT2D eigenvalue weighted by atomic mass is 16.5. The van der Waals surface area contributed by atoms with Crippen molar-refractivity contribution in [3.63, 3.8) is 0 Å². The number of anilines is 3. The van der Waals surface area contributed by atoms with E-state index < -0.39 is 0 Å². The Morgan fingerprint density at radius 1 is 0.373 bits per heavy atom. The molecule has 9 aromatic carbocycles. The van der Waals surface area contributed by atoms with E-state index in [1.54, 1.807) is 0 Å². The summed E-state index contributed by atoms with van der Waals surface area (Å²) in [5, 5.41) is 4.44. The van der Waals surface area contributed by atoms with E-state index in [1.165, 1.54) is 0 Å². The minimum absolute atomic E-state index is 0.493. The molecule has 0 amide bonds. The first kappa shape index (κ1) is 33.3. The first-order chi connectivity index (χ1) is 29.2. The molecule has 0 radical (unpaired) electrons. The summed E-state index contributed by atoms with van der Waals surface area (Å²) in [5.41, 5.74) is 16.6. The second-order valence-electron chi connectivity index (χ2n) is 15.2. The second kappa shape index (κ2) is 13.4. The van der Waals surface area contributed by atoms with Crippen molar-refractivity contribution < 1.29 is 13.6 Å². The van der Waals surface area contributed by atoms with Gasteiger partial charge in [0.25, 0.3) is 0 Å². The van der Waals surface area contributed by atoms with Gasteiger partial charge in [0.15, 0.2) is 0 Å². The SMILES string of the molecule is c1ccc(-c2ccc(-c3ccc(-c4cccc5c4oc4ccccc45)cc3)c(N(c3ccc4c(c3)oc3ccccc34)c3cccc4c3-c3ccccc3OC4)c2)cc1. The molecule has 0 N–H and O–H groups in total. The van der Waals surface area contributed by atoms with Crippen molar-refractivity contribution in [2.24, 2.45) is 0 Å². The Morgan fingerprint density at radius 3 is 1.86 bits per heavy atom. The Labute approximate surface area is 340 Å². The average molecular weight is 758 g/mol. The molecular formula is C55H35NO3. The van der Waals surface area contributed by atoms with Crippen LogP contribution in [0, 0.1) is 0 Å². The zero-order chi connectivity index (χ0) is 38.9. The van der Waals surface area contributed by atoms with Crippen molar-refractivity contribution in [1.82, 2.24) is 0 Å². The summed E-state index contributed by atoms with van der Waals surface area (Å²) in [6, 6.07) is 70.8. The van der Waals surface area contributed by atoms with Crippen LogP contribution in [-0.2, 0) is 6.61 Å². The lowest BCUT2D eigenvalue weighted by molar-refractivity contribution is 0.302. The molecule has 278 valence electrons. The monoisotopic (exact) mass is 757 g/mol. The first-order valence-electron chi connectivity index (χ1n) is 20.0. The number of hydrogen-bond donors (Lipinski definition) is 0. The molecule has 1 aliphatic heterocycles. The fraction of sp³-hybridized carbons (Fsp3) is 0.0182. The normalized spacial score (nSPS) is 12.1. The summed E-state index contributed by atoms with van der Waals surface area (Å²) >= 11 is 0. The molecule has 0 unspecified atom stereocenters. The summed E-state index contributed by atoms with van der Waals surface area (Å²) in [4.78, 5) is 2.42. The van der Waals surface area contributed by atoms with Crippen molar-refractivity contribution in [1.29, 1.82) is 0 Å². The van der Waals surface area contributed by atoms with Crippen LogP contribution in [0.4, 0.5) is 17.1 Å². The molecule has 59 heavy (non-hydrogen) atoms. The van der Waals surface area contributed by atoms with Crippen LogP contribution in [-0.4, -0.2) is 0 Å². The Hall–Kier alpha value is -7.82. The van der Waals surface area contributed by atoms with Gasteiger partial charge in [0.2, 0.25) is 0 Å². The maximum absolute atomic E-state index is 6.54. The Morgan fingerprint density at radius 2 is 1.02 bits per heavy atom. The molecule has 4 nitrogen and oxygen atoms in total. The van der Waals surface area contributed by atoms with Crippen molar-refractivity contribution in [3.05, 3.63) is 206 Å². The van der Waals surface area contributed by atoms with E-state index in [1.807, 2.05) is 30.3 Å². The maximum Gasteiger partial charge on any atom is 0.143 e. The summed E-state index contributed by atoms with van der Waals surface area (Å²) < 4.78 is 19.3. The van der Waals surface area contributed by atoms with Crippen LogP contribution < -0.4 is 9.64 Å². The standard InChI is InChI=1S/C55H35NO3/c1-2-12-35(13-3-1)38-28-30-41(36-24-26-37(27-25-36)42-18-11-19-46-44-16-5-9-23-52(44)59-55(42)46)49(32-38)56(40-29-31-45-43-15-4-8-22-51(43)58-53(45)33-40)48-20-10-14-39-34-57-50-21-7-6-17-47(50)54(39)48/h1-33H,34H2. The molecule has 2 aromatic heterocycles. The zero-order valence-corrected chi connectivity index (χ0v) is 31.9. The number of hydrogen-bond acceptors (Lipinski definition) is 4. The van der Waals surface area contributed by atoms with Crippen molar-refractivity contribution in [2.75, 3.05) is 4.90 Å². The van der Waals surface area contributed by atoms with Crippen LogP contribution in [0.2, 0.25) is 0 Å². The molecule has 0 aliphatic carbocycles. The number of benzene rings is 9. The van der Waals surface area contributed by atoms with Gasteiger partial charge in [-0.3, -0.25) is 0 Å². The number of ether oxygens (including phenoxy) is 1. The third-order valence-electron chi connectivity index (χ3n) is 11.8. The maximum atomic E-state index is 6.54. The highest BCUT2D eigenvalue weighted by Crippen LogP contribution is 2.51. The fourth-order valence-electron chi connectivity index (χ4n) is 9.00. The number of para-hydroxylation sites is 4. The van der Waals surface area contributed by atoms with Gasteiger partial charge in [-0.05, 0) is 70.3 Å². The van der Waals surface area contributed by atoms with Gasteiger partial charge in [-0.25, -0.2) is 0 Å². The van der Waals surface area contributed by atoms with Gasteiger partial charge in [-0.1, -0.05) is 152 Å². The smallest absolute Gasteiger partial charge is 0.143 e. The number of fused-ring (bicyclic) bond motifs is 9. The van der Waals surface area contributed by atoms with Crippen molar-refractivity contribution >= 4 is 60.9 Å². The fourth-order valence-corrected chi connectivity index (χ4v) is 9.00. The summed E-state index contributed by atoms with van der Waals surface area (Å²) in [7, 11) is 0. The minimum Gasteiger partial charge on any atom is -0.488 e. The van der Waals surface area contributed by atoms with Crippen LogP contribution in [0.5, 0.6) is 5.75 Å². The van der Waals surface area contributed by atoms with Gasteiger partial charge in [0.05, 0.1) is 11.4 Å².